The molecule has 6 nitrogen and oxygen atoms in total. The van der Waals surface area contributed by atoms with Crippen LogP contribution in [0.5, 0.6) is 0 Å². The van der Waals surface area contributed by atoms with Crippen LogP contribution in [0.25, 0.3) is 0 Å². The van der Waals surface area contributed by atoms with E-state index in [1.54, 1.807) is 0 Å². The fourth-order valence-corrected chi connectivity index (χ4v) is 0.587. The highest BCUT2D eigenvalue weighted by molar-refractivity contribution is 5.96. The van der Waals surface area contributed by atoms with Crippen LogP contribution in [-0.4, -0.2) is 17.1 Å². The number of rotatable bonds is 0. The molecule has 1 aliphatic rings. The molecule has 1 atom stereocenters. The SMILES string of the molecule is NC1=CN(N)C(N)N=C1N. The molecule has 1 aliphatic heterocycles. The van der Waals surface area contributed by atoms with Gasteiger partial charge < -0.3 is 11.5 Å². The fourth-order valence-electron chi connectivity index (χ4n) is 0.587. The van der Waals surface area contributed by atoms with E-state index in [0.29, 0.717) is 5.70 Å². The molecule has 0 saturated carbocycles. The maximum atomic E-state index is 5.36. The monoisotopic (exact) mass is 142 g/mol. The summed E-state index contributed by atoms with van der Waals surface area (Å²) in [5.74, 6) is 5.55. The molecule has 0 saturated heterocycles. The van der Waals surface area contributed by atoms with Crippen molar-refractivity contribution in [2.24, 2.45) is 28.0 Å². The third kappa shape index (κ3) is 1.02. The summed E-state index contributed by atoms with van der Waals surface area (Å²) in [5, 5.41) is 1.19. The van der Waals surface area contributed by atoms with Gasteiger partial charge in [-0.15, -0.1) is 0 Å². The number of nitrogens with zero attached hydrogens (tertiary/aromatic N) is 2. The van der Waals surface area contributed by atoms with Gasteiger partial charge in [0.1, 0.15) is 5.84 Å². The largest absolute Gasteiger partial charge is 0.395 e. The van der Waals surface area contributed by atoms with E-state index in [4.69, 9.17) is 23.0 Å². The van der Waals surface area contributed by atoms with Gasteiger partial charge in [-0.25, -0.2) is 10.8 Å². The van der Waals surface area contributed by atoms with Crippen molar-refractivity contribution in [1.82, 2.24) is 5.01 Å². The Morgan fingerprint density at radius 1 is 1.50 bits per heavy atom. The van der Waals surface area contributed by atoms with Crippen LogP contribution < -0.4 is 23.0 Å². The van der Waals surface area contributed by atoms with E-state index in [1.807, 2.05) is 0 Å². The Bertz CT molecular complexity index is 172. The van der Waals surface area contributed by atoms with Gasteiger partial charge in [-0.3, -0.25) is 10.7 Å². The van der Waals surface area contributed by atoms with E-state index in [1.165, 1.54) is 11.2 Å². The number of hydrogen-bond donors (Lipinski definition) is 4. The lowest BCUT2D eigenvalue weighted by Gasteiger charge is -2.23. The Morgan fingerprint density at radius 2 is 2.10 bits per heavy atom. The van der Waals surface area contributed by atoms with Crippen molar-refractivity contribution in [2.45, 2.75) is 6.29 Å². The summed E-state index contributed by atoms with van der Waals surface area (Å²) in [7, 11) is 0. The van der Waals surface area contributed by atoms with Gasteiger partial charge >= 0.3 is 0 Å². The summed E-state index contributed by atoms with van der Waals surface area (Å²) in [5.41, 5.74) is 16.4. The Morgan fingerprint density at radius 3 is 2.60 bits per heavy atom. The van der Waals surface area contributed by atoms with Crippen LogP contribution in [0, 0.1) is 0 Å². The quantitative estimate of drug-likeness (QED) is 0.280. The average molecular weight is 142 g/mol. The van der Waals surface area contributed by atoms with Gasteiger partial charge in [-0.1, -0.05) is 0 Å². The lowest BCUT2D eigenvalue weighted by Crippen LogP contribution is -2.47. The van der Waals surface area contributed by atoms with Crippen molar-refractivity contribution < 1.29 is 0 Å². The van der Waals surface area contributed by atoms with Gasteiger partial charge in [0.05, 0.1) is 5.70 Å². The molecular formula is C4H10N6. The molecule has 1 rings (SSSR count). The van der Waals surface area contributed by atoms with Crippen LogP contribution in [0.1, 0.15) is 0 Å². The molecule has 0 radical (unpaired) electrons. The van der Waals surface area contributed by atoms with Crippen LogP contribution in [0.4, 0.5) is 0 Å². The normalized spacial score (nSPS) is 25.8. The zero-order chi connectivity index (χ0) is 7.72. The topological polar surface area (TPSA) is 120 Å². The van der Waals surface area contributed by atoms with Crippen molar-refractivity contribution >= 4 is 5.84 Å². The highest BCUT2D eigenvalue weighted by Gasteiger charge is 2.12. The molecule has 0 bridgehead atoms. The maximum absolute atomic E-state index is 5.36. The van der Waals surface area contributed by atoms with E-state index in [9.17, 15) is 0 Å². The van der Waals surface area contributed by atoms with E-state index in [2.05, 4.69) is 4.99 Å². The second-order valence-corrected chi connectivity index (χ2v) is 1.96. The van der Waals surface area contributed by atoms with E-state index in [0.717, 1.165) is 0 Å². The van der Waals surface area contributed by atoms with E-state index < -0.39 is 6.29 Å². The third-order valence-corrected chi connectivity index (χ3v) is 1.16. The van der Waals surface area contributed by atoms with Gasteiger partial charge in [0, 0.05) is 6.20 Å². The highest BCUT2D eigenvalue weighted by Crippen LogP contribution is 1.99. The van der Waals surface area contributed by atoms with E-state index in [-0.39, 0.29) is 5.84 Å². The molecule has 0 aliphatic carbocycles. The Hall–Kier alpha value is -1.27. The Labute approximate surface area is 58.1 Å². The first-order chi connectivity index (χ1) is 4.61. The second kappa shape index (κ2) is 2.16. The van der Waals surface area contributed by atoms with Crippen LogP contribution in [0.15, 0.2) is 16.9 Å². The lowest BCUT2D eigenvalue weighted by atomic mass is 10.4. The number of amidine groups is 1. The third-order valence-electron chi connectivity index (χ3n) is 1.16. The second-order valence-electron chi connectivity index (χ2n) is 1.96. The molecule has 6 heteroatoms. The molecule has 8 N–H and O–H groups in total. The van der Waals surface area contributed by atoms with Crippen molar-refractivity contribution in [3.8, 4) is 0 Å². The van der Waals surface area contributed by atoms with Crippen LogP contribution in [0.3, 0.4) is 0 Å². The standard InChI is InChI=1S/C4H10N6/c5-2-1-10(8)4(7)9-3(2)6/h1,4H,5,7-8H2,(H2,6,9). The number of aliphatic imine (C=N–C) groups is 1. The first-order valence-electron chi connectivity index (χ1n) is 2.71. The highest BCUT2D eigenvalue weighted by atomic mass is 15.5. The number of hydrazine groups is 1. The first-order valence-corrected chi connectivity index (χ1v) is 2.71. The summed E-state index contributed by atoms with van der Waals surface area (Å²) in [4.78, 5) is 3.72. The average Bonchev–Trinajstić information content (AvgIpc) is 1.84. The van der Waals surface area contributed by atoms with Gasteiger partial charge in [-0.05, 0) is 0 Å². The van der Waals surface area contributed by atoms with Gasteiger partial charge in [-0.2, -0.15) is 0 Å². The van der Waals surface area contributed by atoms with Gasteiger partial charge in [0.2, 0.25) is 0 Å². The fraction of sp³-hybridized carbons (Fsp3) is 0.250. The summed E-state index contributed by atoms with van der Waals surface area (Å²) in [6.45, 7) is 0. The van der Waals surface area contributed by atoms with Crippen LogP contribution in [-0.2, 0) is 0 Å². The van der Waals surface area contributed by atoms with Crippen molar-refractivity contribution in [3.05, 3.63) is 11.9 Å². The molecule has 0 spiro atoms. The first kappa shape index (κ1) is 6.84. The van der Waals surface area contributed by atoms with Gasteiger partial charge in [0.25, 0.3) is 0 Å². The Kier molecular flexibility index (Phi) is 1.48. The minimum Gasteiger partial charge on any atom is -0.395 e. The molecule has 1 unspecified atom stereocenters. The summed E-state index contributed by atoms with van der Waals surface area (Å²) in [6.07, 6.45) is 0.819. The predicted octanol–water partition coefficient (Wildman–Crippen LogP) is -2.42. The molecule has 0 aromatic heterocycles. The molecule has 10 heavy (non-hydrogen) atoms. The zero-order valence-corrected chi connectivity index (χ0v) is 5.36. The van der Waals surface area contributed by atoms with Crippen molar-refractivity contribution in [3.63, 3.8) is 0 Å². The number of hydrogen-bond acceptors (Lipinski definition) is 6. The molecule has 0 fully saturated rings. The molecule has 56 valence electrons. The van der Waals surface area contributed by atoms with Crippen molar-refractivity contribution in [2.75, 3.05) is 0 Å². The van der Waals surface area contributed by atoms with Crippen molar-refractivity contribution in [1.29, 1.82) is 0 Å². The smallest absolute Gasteiger partial charge is 0.188 e. The van der Waals surface area contributed by atoms with Gasteiger partial charge in [0.15, 0.2) is 6.29 Å². The summed E-state index contributed by atoms with van der Waals surface area (Å²) in [6, 6.07) is 0. The summed E-state index contributed by atoms with van der Waals surface area (Å²) >= 11 is 0. The van der Waals surface area contributed by atoms with E-state index >= 15 is 0 Å². The predicted molar refractivity (Wildman–Crippen MR) is 37.9 cm³/mol. The molecule has 1 heterocycles. The van der Waals surface area contributed by atoms with Crippen LogP contribution >= 0.6 is 0 Å². The number of nitrogens with two attached hydrogens (primary N) is 4. The minimum absolute atomic E-state index is 0.231. The lowest BCUT2D eigenvalue weighted by molar-refractivity contribution is 0.292. The molecule has 0 amide bonds. The summed E-state index contributed by atoms with van der Waals surface area (Å²) < 4.78 is 0. The van der Waals surface area contributed by atoms with Crippen LogP contribution in [0.2, 0.25) is 0 Å². The molecular weight excluding hydrogens is 132 g/mol. The Balaban J connectivity index is 2.83. The molecule has 0 aromatic carbocycles. The minimum atomic E-state index is -0.618. The maximum Gasteiger partial charge on any atom is 0.188 e. The zero-order valence-electron chi connectivity index (χ0n) is 5.36. The molecule has 0 aromatic rings.